The highest BCUT2D eigenvalue weighted by Gasteiger charge is 2.20. The van der Waals surface area contributed by atoms with Gasteiger partial charge < -0.3 is 15.5 Å². The Labute approximate surface area is 110 Å². The quantitative estimate of drug-likeness (QED) is 0.756. The highest BCUT2D eigenvalue weighted by atomic mass is 16.3. The molecule has 2 rings (SSSR count). The Morgan fingerprint density at radius 3 is 2.79 bits per heavy atom. The first kappa shape index (κ1) is 13.5. The summed E-state index contributed by atoms with van der Waals surface area (Å²) in [5.74, 6) is -0.375. The third kappa shape index (κ3) is 3.27. The summed E-state index contributed by atoms with van der Waals surface area (Å²) >= 11 is 0. The minimum atomic E-state index is -1.33. The molecule has 0 saturated heterocycles. The lowest BCUT2D eigenvalue weighted by atomic mass is 10.1. The van der Waals surface area contributed by atoms with Gasteiger partial charge in [-0.05, 0) is 19.1 Å². The number of pyridine rings is 1. The molecule has 1 atom stereocenters. The van der Waals surface area contributed by atoms with E-state index < -0.39 is 12.2 Å². The molecule has 19 heavy (non-hydrogen) atoms. The Balaban J connectivity index is 2.13. The average Bonchev–Trinajstić information content (AvgIpc) is 2.44. The first-order chi connectivity index (χ1) is 9.02. The number of hydrogen-bond acceptors (Lipinski definition) is 4. The van der Waals surface area contributed by atoms with Crippen LogP contribution in [0.4, 0.5) is 0 Å². The van der Waals surface area contributed by atoms with E-state index in [9.17, 15) is 9.90 Å². The molecular weight excluding hydrogens is 244 g/mol. The summed E-state index contributed by atoms with van der Waals surface area (Å²) in [6, 6.07) is 11.0. The van der Waals surface area contributed by atoms with Gasteiger partial charge >= 0.3 is 0 Å². The van der Waals surface area contributed by atoms with Gasteiger partial charge in [0.15, 0.2) is 0 Å². The molecule has 1 amide bonds. The lowest BCUT2D eigenvalue weighted by Crippen LogP contribution is -2.43. The molecule has 100 valence electrons. The lowest BCUT2D eigenvalue weighted by Gasteiger charge is -2.20. The molecule has 0 saturated carbocycles. The van der Waals surface area contributed by atoms with Crippen molar-refractivity contribution in [2.45, 2.75) is 12.5 Å². The largest absolute Gasteiger partial charge is 0.393 e. The summed E-state index contributed by atoms with van der Waals surface area (Å²) in [6.07, 6.45) is 0. The number of aliphatic hydroxyl groups is 2. The minimum absolute atomic E-state index is 0.0309. The number of para-hydroxylation sites is 1. The fourth-order valence-electron chi connectivity index (χ4n) is 1.61. The van der Waals surface area contributed by atoms with Gasteiger partial charge in [0.25, 0.3) is 5.91 Å². The molecular formula is C14H16N2O3. The molecule has 0 aliphatic rings. The summed E-state index contributed by atoms with van der Waals surface area (Å²) in [5, 5.41) is 22.0. The molecule has 5 heteroatoms. The van der Waals surface area contributed by atoms with Crippen molar-refractivity contribution in [1.82, 2.24) is 10.3 Å². The standard InChI is InChI=1S/C14H16N2O3/c1-14(19,9-17)8-15-13(18)12-7-6-10-4-2-3-5-11(10)16-12/h2-7,17,19H,8-9H2,1H3,(H,15,18). The Bertz CT molecular complexity index is 596. The van der Waals surface area contributed by atoms with Crippen LogP contribution in [-0.2, 0) is 0 Å². The molecule has 1 aromatic heterocycles. The summed E-state index contributed by atoms with van der Waals surface area (Å²) in [4.78, 5) is 16.1. The summed E-state index contributed by atoms with van der Waals surface area (Å²) < 4.78 is 0. The monoisotopic (exact) mass is 260 g/mol. The van der Waals surface area contributed by atoms with Crippen LogP contribution in [0.2, 0.25) is 0 Å². The predicted octanol–water partition coefficient (Wildman–Crippen LogP) is 0.708. The number of rotatable bonds is 4. The van der Waals surface area contributed by atoms with Crippen molar-refractivity contribution in [2.75, 3.05) is 13.2 Å². The third-order valence-electron chi connectivity index (χ3n) is 2.80. The van der Waals surface area contributed by atoms with E-state index in [0.29, 0.717) is 0 Å². The van der Waals surface area contributed by atoms with E-state index >= 15 is 0 Å². The molecule has 2 aromatic rings. The molecule has 0 radical (unpaired) electrons. The molecule has 1 aromatic carbocycles. The number of carbonyl (C=O) groups excluding carboxylic acids is 1. The van der Waals surface area contributed by atoms with Gasteiger partial charge in [-0.1, -0.05) is 24.3 Å². The van der Waals surface area contributed by atoms with Crippen molar-refractivity contribution in [3.8, 4) is 0 Å². The van der Waals surface area contributed by atoms with E-state index in [4.69, 9.17) is 5.11 Å². The van der Waals surface area contributed by atoms with Crippen LogP contribution >= 0.6 is 0 Å². The molecule has 3 N–H and O–H groups in total. The van der Waals surface area contributed by atoms with E-state index in [-0.39, 0.29) is 18.1 Å². The molecule has 0 bridgehead atoms. The fourth-order valence-corrected chi connectivity index (χ4v) is 1.61. The SMILES string of the molecule is CC(O)(CO)CNC(=O)c1ccc2ccccc2n1. The topological polar surface area (TPSA) is 82.5 Å². The number of benzene rings is 1. The van der Waals surface area contributed by atoms with Gasteiger partial charge in [0.05, 0.1) is 12.1 Å². The number of fused-ring (bicyclic) bond motifs is 1. The van der Waals surface area contributed by atoms with Gasteiger partial charge in [0.2, 0.25) is 0 Å². The maximum Gasteiger partial charge on any atom is 0.270 e. The van der Waals surface area contributed by atoms with Crippen LogP contribution in [0.5, 0.6) is 0 Å². The lowest BCUT2D eigenvalue weighted by molar-refractivity contribution is 0.00316. The molecule has 1 unspecified atom stereocenters. The van der Waals surface area contributed by atoms with Gasteiger partial charge in [0, 0.05) is 11.9 Å². The van der Waals surface area contributed by atoms with E-state index in [2.05, 4.69) is 10.3 Å². The first-order valence-electron chi connectivity index (χ1n) is 5.99. The number of aliphatic hydroxyl groups excluding tert-OH is 1. The van der Waals surface area contributed by atoms with Crippen LogP contribution in [0.3, 0.4) is 0 Å². The van der Waals surface area contributed by atoms with Crippen LogP contribution in [0, 0.1) is 0 Å². The van der Waals surface area contributed by atoms with Crippen LogP contribution in [0.15, 0.2) is 36.4 Å². The molecule has 0 aliphatic heterocycles. The van der Waals surface area contributed by atoms with Crippen molar-refractivity contribution in [3.63, 3.8) is 0 Å². The van der Waals surface area contributed by atoms with Crippen LogP contribution in [0.1, 0.15) is 17.4 Å². The van der Waals surface area contributed by atoms with E-state index in [1.54, 1.807) is 6.07 Å². The zero-order chi connectivity index (χ0) is 13.9. The molecule has 0 spiro atoms. The summed E-state index contributed by atoms with van der Waals surface area (Å²) in [6.45, 7) is 0.996. The molecule has 0 aliphatic carbocycles. The Morgan fingerprint density at radius 2 is 2.05 bits per heavy atom. The highest BCUT2D eigenvalue weighted by molar-refractivity contribution is 5.94. The van der Waals surface area contributed by atoms with E-state index in [1.165, 1.54) is 6.92 Å². The summed E-state index contributed by atoms with van der Waals surface area (Å²) in [7, 11) is 0. The summed E-state index contributed by atoms with van der Waals surface area (Å²) in [5.41, 5.74) is -0.302. The van der Waals surface area contributed by atoms with Gasteiger partial charge in [-0.25, -0.2) is 4.98 Å². The van der Waals surface area contributed by atoms with Gasteiger partial charge in [0.1, 0.15) is 11.3 Å². The Kier molecular flexibility index (Phi) is 3.78. The molecule has 0 fully saturated rings. The first-order valence-corrected chi connectivity index (χ1v) is 5.99. The molecule has 1 heterocycles. The fraction of sp³-hybridized carbons (Fsp3) is 0.286. The number of nitrogens with one attached hydrogen (secondary N) is 1. The van der Waals surface area contributed by atoms with Crippen molar-refractivity contribution >= 4 is 16.8 Å². The second-order valence-electron chi connectivity index (χ2n) is 4.73. The zero-order valence-corrected chi connectivity index (χ0v) is 10.6. The highest BCUT2D eigenvalue weighted by Crippen LogP contribution is 2.11. The number of aromatic nitrogens is 1. The van der Waals surface area contributed by atoms with Crippen LogP contribution < -0.4 is 5.32 Å². The van der Waals surface area contributed by atoms with Crippen molar-refractivity contribution in [1.29, 1.82) is 0 Å². The number of nitrogens with zero attached hydrogens (tertiary/aromatic N) is 1. The smallest absolute Gasteiger partial charge is 0.270 e. The van der Waals surface area contributed by atoms with Gasteiger partial charge in [-0.3, -0.25) is 4.79 Å². The van der Waals surface area contributed by atoms with E-state index in [1.807, 2.05) is 30.3 Å². The minimum Gasteiger partial charge on any atom is -0.393 e. The third-order valence-corrected chi connectivity index (χ3v) is 2.80. The zero-order valence-electron chi connectivity index (χ0n) is 10.6. The van der Waals surface area contributed by atoms with Crippen LogP contribution in [0.25, 0.3) is 10.9 Å². The number of carbonyl (C=O) groups is 1. The maximum absolute atomic E-state index is 11.9. The van der Waals surface area contributed by atoms with Crippen LogP contribution in [-0.4, -0.2) is 39.9 Å². The van der Waals surface area contributed by atoms with Crippen molar-refractivity contribution < 1.29 is 15.0 Å². The van der Waals surface area contributed by atoms with E-state index in [0.717, 1.165) is 10.9 Å². The van der Waals surface area contributed by atoms with Crippen molar-refractivity contribution in [3.05, 3.63) is 42.1 Å². The second kappa shape index (κ2) is 5.34. The maximum atomic E-state index is 11.9. The van der Waals surface area contributed by atoms with Crippen molar-refractivity contribution in [2.24, 2.45) is 0 Å². The molecule has 5 nitrogen and oxygen atoms in total. The predicted molar refractivity (Wildman–Crippen MR) is 71.8 cm³/mol. The number of amides is 1. The Hall–Kier alpha value is -1.98. The number of hydrogen-bond donors (Lipinski definition) is 3. The van der Waals surface area contributed by atoms with Gasteiger partial charge in [-0.2, -0.15) is 0 Å². The Morgan fingerprint density at radius 1 is 1.32 bits per heavy atom. The second-order valence-corrected chi connectivity index (χ2v) is 4.73. The van der Waals surface area contributed by atoms with Gasteiger partial charge in [-0.15, -0.1) is 0 Å². The normalized spacial score (nSPS) is 14.1. The average molecular weight is 260 g/mol.